The van der Waals surface area contributed by atoms with Crippen LogP contribution in [0.4, 0.5) is 0 Å². The molecule has 2 N–H and O–H groups in total. The maximum Gasteiger partial charge on any atom is 0.223 e. The number of rotatable bonds is 3. The van der Waals surface area contributed by atoms with Gasteiger partial charge in [0.15, 0.2) is 0 Å². The Kier molecular flexibility index (Phi) is 3.54. The Balaban J connectivity index is 1.66. The molecule has 2 aliphatic heterocycles. The molecule has 1 fully saturated rings. The zero-order valence-corrected chi connectivity index (χ0v) is 13.1. The molecule has 1 atom stereocenters. The predicted molar refractivity (Wildman–Crippen MR) is 88.5 cm³/mol. The van der Waals surface area contributed by atoms with Crippen LogP contribution in [-0.4, -0.2) is 19.0 Å². The highest BCUT2D eigenvalue weighted by molar-refractivity contribution is 5.80. The van der Waals surface area contributed by atoms with E-state index in [4.69, 9.17) is 4.74 Å². The molecule has 4 heteroatoms. The number of hydrogen-bond donors (Lipinski definition) is 2. The van der Waals surface area contributed by atoms with Crippen LogP contribution in [0.25, 0.3) is 0 Å². The lowest BCUT2D eigenvalue weighted by atomic mass is 9.87. The van der Waals surface area contributed by atoms with Crippen molar-refractivity contribution in [3.8, 4) is 11.5 Å². The van der Waals surface area contributed by atoms with Crippen LogP contribution in [0.1, 0.15) is 24.1 Å². The third-order valence-corrected chi connectivity index (χ3v) is 4.90. The van der Waals surface area contributed by atoms with Crippen LogP contribution in [-0.2, 0) is 4.79 Å². The minimum Gasteiger partial charge on any atom is -0.457 e. The summed E-state index contributed by atoms with van der Waals surface area (Å²) in [7, 11) is 0. The molecule has 2 aromatic rings. The summed E-state index contributed by atoms with van der Waals surface area (Å²) in [6.07, 6.45) is 0. The van der Waals surface area contributed by atoms with Crippen LogP contribution >= 0.6 is 0 Å². The first-order chi connectivity index (χ1) is 11.2. The van der Waals surface area contributed by atoms with Gasteiger partial charge < -0.3 is 15.4 Å². The third kappa shape index (κ3) is 2.49. The molecule has 1 amide bonds. The Labute approximate surface area is 135 Å². The third-order valence-electron chi connectivity index (χ3n) is 4.90. The minimum absolute atomic E-state index is 0.0124. The monoisotopic (exact) mass is 308 g/mol. The number of benzene rings is 2. The fraction of sp³-hybridized carbons (Fsp3) is 0.316. The Morgan fingerprint density at radius 3 is 2.17 bits per heavy atom. The molecule has 0 spiro atoms. The molecule has 0 aliphatic carbocycles. The van der Waals surface area contributed by atoms with Gasteiger partial charge >= 0.3 is 0 Å². The highest BCUT2D eigenvalue weighted by atomic mass is 16.5. The maximum atomic E-state index is 12.7. The second kappa shape index (κ2) is 5.70. The van der Waals surface area contributed by atoms with E-state index in [0.29, 0.717) is 5.92 Å². The molecule has 1 saturated heterocycles. The second-order valence-corrected chi connectivity index (χ2v) is 6.33. The van der Waals surface area contributed by atoms with Crippen LogP contribution in [0.3, 0.4) is 0 Å². The van der Waals surface area contributed by atoms with Crippen molar-refractivity contribution in [3.05, 3.63) is 59.7 Å². The van der Waals surface area contributed by atoms with Gasteiger partial charge in [0.25, 0.3) is 0 Å². The quantitative estimate of drug-likeness (QED) is 0.917. The summed E-state index contributed by atoms with van der Waals surface area (Å²) in [5, 5.41) is 6.47. The molecular formula is C19H20N2O2. The lowest BCUT2D eigenvalue weighted by Crippen LogP contribution is -2.50. The maximum absolute atomic E-state index is 12.7. The lowest BCUT2D eigenvalue weighted by molar-refractivity contribution is -0.127. The molecule has 0 bridgehead atoms. The molecule has 2 aliphatic rings. The highest BCUT2D eigenvalue weighted by Gasteiger charge is 2.33. The number of nitrogens with one attached hydrogen (secondary N) is 2. The van der Waals surface area contributed by atoms with Crippen molar-refractivity contribution in [3.63, 3.8) is 0 Å². The van der Waals surface area contributed by atoms with Gasteiger partial charge in [-0.05, 0) is 31.1 Å². The zero-order valence-electron chi connectivity index (χ0n) is 13.1. The fourth-order valence-electron chi connectivity index (χ4n) is 3.22. The summed E-state index contributed by atoms with van der Waals surface area (Å²) in [6.45, 7) is 3.86. The Bertz CT molecular complexity index is 694. The zero-order chi connectivity index (χ0) is 15.8. The number of ether oxygens (including phenoxy) is 1. The number of fused-ring (bicyclic) bond motifs is 2. The first-order valence-electron chi connectivity index (χ1n) is 8.11. The van der Waals surface area contributed by atoms with Crippen molar-refractivity contribution < 1.29 is 9.53 Å². The van der Waals surface area contributed by atoms with Crippen LogP contribution < -0.4 is 15.4 Å². The fourth-order valence-corrected chi connectivity index (χ4v) is 3.22. The van der Waals surface area contributed by atoms with E-state index in [-0.39, 0.29) is 17.9 Å². The molecule has 0 saturated carbocycles. The first kappa shape index (κ1) is 14.3. The van der Waals surface area contributed by atoms with E-state index < -0.39 is 0 Å². The van der Waals surface area contributed by atoms with E-state index in [9.17, 15) is 4.79 Å². The average molecular weight is 308 g/mol. The number of amides is 1. The van der Waals surface area contributed by atoms with Crippen LogP contribution in [0.15, 0.2) is 48.5 Å². The van der Waals surface area contributed by atoms with E-state index in [1.807, 2.05) is 55.5 Å². The van der Waals surface area contributed by atoms with E-state index >= 15 is 0 Å². The Hall–Kier alpha value is -2.33. The van der Waals surface area contributed by atoms with E-state index in [1.54, 1.807) is 0 Å². The topological polar surface area (TPSA) is 50.4 Å². The second-order valence-electron chi connectivity index (χ2n) is 6.33. The molecule has 0 aromatic heterocycles. The summed E-state index contributed by atoms with van der Waals surface area (Å²) < 4.78 is 5.97. The SMILES string of the molecule is CC(C(=O)NC1c2ccccc2Oc2ccccc21)C1CNC1. The standard InChI is InChI=1S/C19H20N2O2/c1-12(13-10-20-11-13)19(22)21-18-14-6-2-4-8-16(14)23-17-9-5-3-7-15(17)18/h2-9,12-13,18,20H,10-11H2,1H3,(H,21,22). The Morgan fingerprint density at radius 2 is 1.65 bits per heavy atom. The summed E-state index contributed by atoms with van der Waals surface area (Å²) in [5.74, 6) is 2.18. The van der Waals surface area contributed by atoms with Crippen molar-refractivity contribution in [1.29, 1.82) is 0 Å². The molecule has 1 unspecified atom stereocenters. The van der Waals surface area contributed by atoms with Gasteiger partial charge in [0.05, 0.1) is 6.04 Å². The molecule has 2 aromatic carbocycles. The summed E-state index contributed by atoms with van der Waals surface area (Å²) in [4.78, 5) is 12.7. The number of para-hydroxylation sites is 2. The summed E-state index contributed by atoms with van der Waals surface area (Å²) in [6, 6.07) is 15.6. The van der Waals surface area contributed by atoms with E-state index in [1.165, 1.54) is 0 Å². The van der Waals surface area contributed by atoms with Gasteiger partial charge in [-0.1, -0.05) is 43.3 Å². The lowest BCUT2D eigenvalue weighted by Gasteiger charge is -2.34. The average Bonchev–Trinajstić information content (AvgIpc) is 2.52. The van der Waals surface area contributed by atoms with Crippen LogP contribution in [0.5, 0.6) is 11.5 Å². The normalized spacial score (nSPS) is 18.1. The first-order valence-corrected chi connectivity index (χ1v) is 8.11. The largest absolute Gasteiger partial charge is 0.457 e. The van der Waals surface area contributed by atoms with Crippen molar-refractivity contribution in [2.45, 2.75) is 13.0 Å². The van der Waals surface area contributed by atoms with Crippen molar-refractivity contribution in [2.75, 3.05) is 13.1 Å². The summed E-state index contributed by atoms with van der Waals surface area (Å²) >= 11 is 0. The number of carbonyl (C=O) groups is 1. The van der Waals surface area contributed by atoms with Gasteiger partial charge in [-0.15, -0.1) is 0 Å². The smallest absolute Gasteiger partial charge is 0.223 e. The molecule has 23 heavy (non-hydrogen) atoms. The summed E-state index contributed by atoms with van der Waals surface area (Å²) in [5.41, 5.74) is 2.02. The van der Waals surface area contributed by atoms with Gasteiger partial charge in [0.1, 0.15) is 11.5 Å². The van der Waals surface area contributed by atoms with Crippen molar-refractivity contribution in [1.82, 2.24) is 10.6 Å². The predicted octanol–water partition coefficient (Wildman–Crippen LogP) is 2.85. The van der Waals surface area contributed by atoms with Gasteiger partial charge in [-0.25, -0.2) is 0 Å². The van der Waals surface area contributed by atoms with E-state index in [0.717, 1.165) is 35.7 Å². The minimum atomic E-state index is -0.154. The number of hydrogen-bond acceptors (Lipinski definition) is 3. The molecule has 0 radical (unpaired) electrons. The number of carbonyl (C=O) groups excluding carboxylic acids is 1. The highest BCUT2D eigenvalue weighted by Crippen LogP contribution is 2.42. The van der Waals surface area contributed by atoms with Crippen molar-refractivity contribution >= 4 is 5.91 Å². The van der Waals surface area contributed by atoms with E-state index in [2.05, 4.69) is 10.6 Å². The van der Waals surface area contributed by atoms with Crippen LogP contribution in [0.2, 0.25) is 0 Å². The molecular weight excluding hydrogens is 288 g/mol. The molecule has 4 rings (SSSR count). The van der Waals surface area contributed by atoms with Gasteiger partial charge in [0, 0.05) is 17.0 Å². The van der Waals surface area contributed by atoms with Crippen molar-refractivity contribution in [2.24, 2.45) is 11.8 Å². The molecule has 4 nitrogen and oxygen atoms in total. The van der Waals surface area contributed by atoms with Gasteiger partial charge in [-0.3, -0.25) is 4.79 Å². The molecule has 2 heterocycles. The van der Waals surface area contributed by atoms with Gasteiger partial charge in [-0.2, -0.15) is 0 Å². The van der Waals surface area contributed by atoms with Gasteiger partial charge in [0.2, 0.25) is 5.91 Å². The Morgan fingerprint density at radius 1 is 1.09 bits per heavy atom. The van der Waals surface area contributed by atoms with Crippen LogP contribution in [0, 0.1) is 11.8 Å². The molecule has 118 valence electrons.